The van der Waals surface area contributed by atoms with Gasteiger partial charge in [0.1, 0.15) is 5.82 Å². The number of carbonyl (C=O) groups is 1. The number of nitrogens with one attached hydrogen (secondary N) is 1. The molecule has 114 valence electrons. The van der Waals surface area contributed by atoms with E-state index in [4.69, 9.17) is 10.5 Å². The van der Waals surface area contributed by atoms with Crippen molar-refractivity contribution in [2.75, 3.05) is 18.2 Å². The number of pyridine rings is 1. The highest BCUT2D eigenvalue weighted by molar-refractivity contribution is 5.88. The highest BCUT2D eigenvalue weighted by Gasteiger charge is 2.41. The molecule has 2 aliphatic rings. The molecule has 1 aromatic heterocycles. The van der Waals surface area contributed by atoms with Crippen LogP contribution in [0.5, 0.6) is 0 Å². The molecule has 2 fully saturated rings. The summed E-state index contributed by atoms with van der Waals surface area (Å²) in [6.45, 7) is 2.19. The molecule has 0 aromatic carbocycles. The number of nitrogens with two attached hydrogens (primary N) is 1. The molecule has 1 heterocycles. The summed E-state index contributed by atoms with van der Waals surface area (Å²) >= 11 is 0. The maximum atomic E-state index is 11.6. The number of rotatable bonds is 4. The van der Waals surface area contributed by atoms with Crippen molar-refractivity contribution in [3.8, 4) is 0 Å². The lowest BCUT2D eigenvalue weighted by molar-refractivity contribution is 0.0594. The maximum absolute atomic E-state index is 11.6. The first-order chi connectivity index (χ1) is 10.1. The van der Waals surface area contributed by atoms with E-state index < -0.39 is 5.97 Å². The van der Waals surface area contributed by atoms with E-state index in [0.717, 1.165) is 11.8 Å². The van der Waals surface area contributed by atoms with E-state index in [9.17, 15) is 4.79 Å². The molecule has 5 nitrogen and oxygen atoms in total. The standard InChI is InChI=1S/C16H23N3O2/c1-9(12-8-10-3-4-11(12)7-10)18-15-13(17)5-6-14(19-15)16(20)21-2/h5-6,9-12H,3-4,7-8,17H2,1-2H3,(H,18,19). The van der Waals surface area contributed by atoms with Gasteiger partial charge in [-0.05, 0) is 56.1 Å². The zero-order chi connectivity index (χ0) is 15.0. The summed E-state index contributed by atoms with van der Waals surface area (Å²) in [5.41, 5.74) is 6.83. The summed E-state index contributed by atoms with van der Waals surface area (Å²) in [6.07, 6.45) is 5.43. The normalized spacial score (nSPS) is 28.4. The van der Waals surface area contributed by atoms with Crippen molar-refractivity contribution in [1.82, 2.24) is 4.98 Å². The first-order valence-electron chi connectivity index (χ1n) is 7.70. The van der Waals surface area contributed by atoms with Crippen molar-refractivity contribution in [3.05, 3.63) is 17.8 Å². The average molecular weight is 289 g/mol. The summed E-state index contributed by atoms with van der Waals surface area (Å²) in [5, 5.41) is 3.41. The molecule has 5 heteroatoms. The van der Waals surface area contributed by atoms with Gasteiger partial charge < -0.3 is 15.8 Å². The molecule has 0 aliphatic heterocycles. The predicted molar refractivity (Wildman–Crippen MR) is 82.0 cm³/mol. The quantitative estimate of drug-likeness (QED) is 0.833. The average Bonchev–Trinajstić information content (AvgIpc) is 3.11. The Bertz CT molecular complexity index is 546. The molecule has 0 saturated heterocycles. The Morgan fingerprint density at radius 2 is 2.24 bits per heavy atom. The molecule has 2 aliphatic carbocycles. The lowest BCUT2D eigenvalue weighted by Crippen LogP contribution is -2.30. The molecule has 3 rings (SSSR count). The van der Waals surface area contributed by atoms with Gasteiger partial charge in [-0.15, -0.1) is 0 Å². The van der Waals surface area contributed by atoms with Gasteiger partial charge in [-0.1, -0.05) is 6.42 Å². The largest absolute Gasteiger partial charge is 0.464 e. The van der Waals surface area contributed by atoms with Crippen LogP contribution in [-0.2, 0) is 4.74 Å². The molecule has 0 radical (unpaired) electrons. The molecule has 0 amide bonds. The summed E-state index contributed by atoms with van der Waals surface area (Å²) < 4.78 is 4.71. The van der Waals surface area contributed by atoms with Crippen LogP contribution in [0, 0.1) is 17.8 Å². The SMILES string of the molecule is COC(=O)c1ccc(N)c(NC(C)C2CC3CCC2C3)n1. The Labute approximate surface area is 125 Å². The van der Waals surface area contributed by atoms with Gasteiger partial charge in [0.05, 0.1) is 12.8 Å². The third kappa shape index (κ3) is 2.69. The maximum Gasteiger partial charge on any atom is 0.356 e. The number of anilines is 2. The van der Waals surface area contributed by atoms with Gasteiger partial charge in [0.25, 0.3) is 0 Å². The number of methoxy groups -OCH3 is 1. The monoisotopic (exact) mass is 289 g/mol. The Balaban J connectivity index is 1.73. The van der Waals surface area contributed by atoms with E-state index in [1.54, 1.807) is 12.1 Å². The van der Waals surface area contributed by atoms with E-state index in [0.29, 0.717) is 23.5 Å². The number of fused-ring (bicyclic) bond motifs is 2. The summed E-state index contributed by atoms with van der Waals surface area (Å²) in [4.78, 5) is 15.9. The number of nitrogens with zero attached hydrogens (tertiary/aromatic N) is 1. The van der Waals surface area contributed by atoms with Crippen LogP contribution in [0.15, 0.2) is 12.1 Å². The van der Waals surface area contributed by atoms with Gasteiger partial charge in [-0.3, -0.25) is 0 Å². The fourth-order valence-corrected chi connectivity index (χ4v) is 4.03. The number of hydrogen-bond acceptors (Lipinski definition) is 5. The fraction of sp³-hybridized carbons (Fsp3) is 0.625. The van der Waals surface area contributed by atoms with Gasteiger partial charge in [0.15, 0.2) is 5.69 Å². The number of nitrogen functional groups attached to an aromatic ring is 1. The van der Waals surface area contributed by atoms with Crippen LogP contribution in [-0.4, -0.2) is 24.1 Å². The number of aromatic nitrogens is 1. The van der Waals surface area contributed by atoms with Crippen LogP contribution >= 0.6 is 0 Å². The fourth-order valence-electron chi connectivity index (χ4n) is 4.03. The van der Waals surface area contributed by atoms with Crippen molar-refractivity contribution < 1.29 is 9.53 Å². The zero-order valence-electron chi connectivity index (χ0n) is 12.6. The van der Waals surface area contributed by atoms with Gasteiger partial charge in [0, 0.05) is 6.04 Å². The number of ether oxygens (including phenoxy) is 1. The van der Waals surface area contributed by atoms with Crippen molar-refractivity contribution in [2.45, 2.75) is 38.6 Å². The van der Waals surface area contributed by atoms with E-state index in [2.05, 4.69) is 17.2 Å². The second kappa shape index (κ2) is 5.54. The van der Waals surface area contributed by atoms with Gasteiger partial charge in [-0.25, -0.2) is 9.78 Å². The summed E-state index contributed by atoms with van der Waals surface area (Å²) in [7, 11) is 1.35. The molecule has 3 N–H and O–H groups in total. The van der Waals surface area contributed by atoms with Crippen LogP contribution in [0.4, 0.5) is 11.5 Å². The molecular formula is C16H23N3O2. The third-order valence-corrected chi connectivity index (χ3v) is 5.12. The molecule has 2 saturated carbocycles. The van der Waals surface area contributed by atoms with Crippen LogP contribution < -0.4 is 11.1 Å². The minimum atomic E-state index is -0.439. The molecular weight excluding hydrogens is 266 g/mol. The van der Waals surface area contributed by atoms with Crippen LogP contribution in [0.25, 0.3) is 0 Å². The topological polar surface area (TPSA) is 77.2 Å². The van der Waals surface area contributed by atoms with Crippen LogP contribution in [0.2, 0.25) is 0 Å². The Morgan fingerprint density at radius 3 is 2.86 bits per heavy atom. The van der Waals surface area contributed by atoms with Crippen LogP contribution in [0.1, 0.15) is 43.1 Å². The minimum Gasteiger partial charge on any atom is -0.464 e. The van der Waals surface area contributed by atoms with Gasteiger partial charge in [-0.2, -0.15) is 0 Å². The Hall–Kier alpha value is -1.78. The summed E-state index contributed by atoms with van der Waals surface area (Å²) in [5.74, 6) is 2.59. The number of hydrogen-bond donors (Lipinski definition) is 2. The zero-order valence-corrected chi connectivity index (χ0v) is 12.6. The number of esters is 1. The highest BCUT2D eigenvalue weighted by atomic mass is 16.5. The van der Waals surface area contributed by atoms with Gasteiger partial charge >= 0.3 is 5.97 Å². The molecule has 4 unspecified atom stereocenters. The van der Waals surface area contributed by atoms with Crippen molar-refractivity contribution in [1.29, 1.82) is 0 Å². The lowest BCUT2D eigenvalue weighted by atomic mass is 9.84. The van der Waals surface area contributed by atoms with E-state index in [-0.39, 0.29) is 5.69 Å². The Kier molecular flexibility index (Phi) is 3.74. The minimum absolute atomic E-state index is 0.286. The van der Waals surface area contributed by atoms with E-state index in [1.807, 2.05) is 0 Å². The molecule has 0 spiro atoms. The summed E-state index contributed by atoms with van der Waals surface area (Å²) in [6, 6.07) is 3.62. The molecule has 1 aromatic rings. The smallest absolute Gasteiger partial charge is 0.356 e. The second-order valence-corrected chi connectivity index (χ2v) is 6.40. The van der Waals surface area contributed by atoms with Crippen LogP contribution in [0.3, 0.4) is 0 Å². The van der Waals surface area contributed by atoms with Crippen molar-refractivity contribution >= 4 is 17.5 Å². The third-order valence-electron chi connectivity index (χ3n) is 5.12. The molecule has 4 atom stereocenters. The lowest BCUT2D eigenvalue weighted by Gasteiger charge is -2.29. The van der Waals surface area contributed by atoms with Crippen molar-refractivity contribution in [2.24, 2.45) is 17.8 Å². The molecule has 21 heavy (non-hydrogen) atoms. The first-order valence-corrected chi connectivity index (χ1v) is 7.70. The van der Waals surface area contributed by atoms with Gasteiger partial charge in [0.2, 0.25) is 0 Å². The Morgan fingerprint density at radius 1 is 1.43 bits per heavy atom. The first kappa shape index (κ1) is 14.2. The number of carbonyl (C=O) groups excluding carboxylic acids is 1. The predicted octanol–water partition coefficient (Wildman–Crippen LogP) is 2.69. The molecule has 2 bridgehead atoms. The van der Waals surface area contributed by atoms with E-state index >= 15 is 0 Å². The van der Waals surface area contributed by atoms with Crippen molar-refractivity contribution in [3.63, 3.8) is 0 Å². The second-order valence-electron chi connectivity index (χ2n) is 6.40. The highest BCUT2D eigenvalue weighted by Crippen LogP contribution is 2.49. The van der Waals surface area contributed by atoms with E-state index in [1.165, 1.54) is 32.8 Å².